The quantitative estimate of drug-likeness (QED) is 0.798. The molecule has 1 N–H and O–H groups in total. The fraction of sp³-hybridized carbons (Fsp3) is 0.188. The monoisotopic (exact) mass is 288 g/mol. The minimum atomic E-state index is -0.410. The SMILES string of the molecule is CNC(c1cncc(F)c1)c1oc2ccc(F)cc2c1C. The molecule has 1 aromatic carbocycles. The summed E-state index contributed by atoms with van der Waals surface area (Å²) in [5.41, 5.74) is 2.08. The van der Waals surface area contributed by atoms with Gasteiger partial charge >= 0.3 is 0 Å². The Morgan fingerprint density at radius 1 is 1.14 bits per heavy atom. The molecule has 0 spiro atoms. The maximum atomic E-state index is 13.4. The summed E-state index contributed by atoms with van der Waals surface area (Å²) in [6.07, 6.45) is 2.73. The van der Waals surface area contributed by atoms with Crippen LogP contribution in [0.3, 0.4) is 0 Å². The van der Waals surface area contributed by atoms with Gasteiger partial charge in [-0.05, 0) is 43.8 Å². The molecule has 0 saturated heterocycles. The van der Waals surface area contributed by atoms with E-state index in [0.717, 1.165) is 17.1 Å². The summed E-state index contributed by atoms with van der Waals surface area (Å²) >= 11 is 0. The summed E-state index contributed by atoms with van der Waals surface area (Å²) < 4.78 is 32.6. The zero-order chi connectivity index (χ0) is 15.0. The number of aromatic nitrogens is 1. The molecule has 2 heterocycles. The Hall–Kier alpha value is -2.27. The molecule has 3 nitrogen and oxygen atoms in total. The van der Waals surface area contributed by atoms with E-state index in [2.05, 4.69) is 10.3 Å². The lowest BCUT2D eigenvalue weighted by molar-refractivity contribution is 0.485. The Morgan fingerprint density at radius 3 is 2.67 bits per heavy atom. The molecule has 0 radical (unpaired) electrons. The van der Waals surface area contributed by atoms with Crippen molar-refractivity contribution < 1.29 is 13.2 Å². The molecular weight excluding hydrogens is 274 g/mol. The van der Waals surface area contributed by atoms with Gasteiger partial charge in [-0.3, -0.25) is 4.98 Å². The molecule has 0 fully saturated rings. The van der Waals surface area contributed by atoms with Crippen LogP contribution in [0.2, 0.25) is 0 Å². The number of pyridine rings is 1. The Balaban J connectivity index is 2.15. The van der Waals surface area contributed by atoms with Gasteiger partial charge in [0.15, 0.2) is 0 Å². The minimum Gasteiger partial charge on any atom is -0.459 e. The number of hydrogen-bond acceptors (Lipinski definition) is 3. The second-order valence-electron chi connectivity index (χ2n) is 4.89. The largest absolute Gasteiger partial charge is 0.459 e. The second-order valence-corrected chi connectivity index (χ2v) is 4.89. The summed E-state index contributed by atoms with van der Waals surface area (Å²) in [6, 6.07) is 5.45. The fourth-order valence-electron chi connectivity index (χ4n) is 2.52. The smallest absolute Gasteiger partial charge is 0.141 e. The van der Waals surface area contributed by atoms with Crippen LogP contribution >= 0.6 is 0 Å². The maximum Gasteiger partial charge on any atom is 0.141 e. The maximum absolute atomic E-state index is 13.4. The van der Waals surface area contributed by atoms with Gasteiger partial charge in [-0.25, -0.2) is 8.78 Å². The van der Waals surface area contributed by atoms with E-state index in [1.165, 1.54) is 18.2 Å². The van der Waals surface area contributed by atoms with Crippen LogP contribution in [0.25, 0.3) is 11.0 Å². The van der Waals surface area contributed by atoms with Crippen LogP contribution in [0.15, 0.2) is 41.1 Å². The predicted molar refractivity (Wildman–Crippen MR) is 76.0 cm³/mol. The van der Waals surface area contributed by atoms with E-state index in [1.54, 1.807) is 19.3 Å². The lowest BCUT2D eigenvalue weighted by atomic mass is 10.0. The molecule has 3 aromatic rings. The summed E-state index contributed by atoms with van der Waals surface area (Å²) in [7, 11) is 1.75. The van der Waals surface area contributed by atoms with Crippen LogP contribution in [0.5, 0.6) is 0 Å². The van der Waals surface area contributed by atoms with Crippen LogP contribution in [-0.4, -0.2) is 12.0 Å². The highest BCUT2D eigenvalue weighted by molar-refractivity contribution is 5.82. The molecule has 0 aliphatic carbocycles. The number of nitrogens with one attached hydrogen (secondary N) is 1. The Kier molecular flexibility index (Phi) is 3.43. The number of furan rings is 1. The number of hydrogen-bond donors (Lipinski definition) is 1. The van der Waals surface area contributed by atoms with Crippen molar-refractivity contribution >= 4 is 11.0 Å². The molecule has 0 aliphatic heterocycles. The van der Waals surface area contributed by atoms with Crippen molar-refractivity contribution in [1.82, 2.24) is 10.3 Å². The molecule has 0 saturated carbocycles. The highest BCUT2D eigenvalue weighted by atomic mass is 19.1. The van der Waals surface area contributed by atoms with Crippen LogP contribution in [0.1, 0.15) is 22.9 Å². The van der Waals surface area contributed by atoms with Crippen LogP contribution in [0.4, 0.5) is 8.78 Å². The summed E-state index contributed by atoms with van der Waals surface area (Å²) in [5.74, 6) is -0.0931. The summed E-state index contributed by atoms with van der Waals surface area (Å²) in [6.45, 7) is 1.86. The molecule has 2 aromatic heterocycles. The molecule has 108 valence electrons. The molecule has 5 heteroatoms. The molecule has 1 unspecified atom stereocenters. The van der Waals surface area contributed by atoms with Gasteiger partial charge in [0.1, 0.15) is 23.0 Å². The third-order valence-electron chi connectivity index (χ3n) is 3.55. The number of aryl methyl sites for hydroxylation is 1. The summed E-state index contributed by atoms with van der Waals surface area (Å²) in [4.78, 5) is 3.86. The van der Waals surface area contributed by atoms with Gasteiger partial charge in [0.25, 0.3) is 0 Å². The molecule has 1 atom stereocenters. The normalized spacial score (nSPS) is 12.8. The van der Waals surface area contributed by atoms with E-state index in [4.69, 9.17) is 4.42 Å². The molecule has 0 aliphatic rings. The minimum absolute atomic E-state index is 0.314. The van der Waals surface area contributed by atoms with Crippen molar-refractivity contribution in [1.29, 1.82) is 0 Å². The van der Waals surface area contributed by atoms with Gasteiger partial charge < -0.3 is 9.73 Å². The van der Waals surface area contributed by atoms with E-state index in [1.807, 2.05) is 6.92 Å². The lowest BCUT2D eigenvalue weighted by Gasteiger charge is -2.14. The van der Waals surface area contributed by atoms with E-state index in [-0.39, 0.29) is 11.9 Å². The first-order chi connectivity index (χ1) is 10.1. The highest BCUT2D eigenvalue weighted by Gasteiger charge is 2.21. The predicted octanol–water partition coefficient (Wildman–Crippen LogP) is 3.72. The van der Waals surface area contributed by atoms with Gasteiger partial charge in [-0.1, -0.05) is 0 Å². The first-order valence-corrected chi connectivity index (χ1v) is 6.56. The topological polar surface area (TPSA) is 38.1 Å². The molecule has 3 rings (SSSR count). The van der Waals surface area contributed by atoms with E-state index in [0.29, 0.717) is 16.9 Å². The van der Waals surface area contributed by atoms with Gasteiger partial charge in [0.2, 0.25) is 0 Å². The van der Waals surface area contributed by atoms with E-state index < -0.39 is 5.82 Å². The third-order valence-corrected chi connectivity index (χ3v) is 3.55. The molecular formula is C16H14F2N2O. The third kappa shape index (κ3) is 2.40. The van der Waals surface area contributed by atoms with Gasteiger partial charge in [-0.15, -0.1) is 0 Å². The number of nitrogens with zero attached hydrogens (tertiary/aromatic N) is 1. The lowest BCUT2D eigenvalue weighted by Crippen LogP contribution is -2.18. The second kappa shape index (κ2) is 5.26. The fourth-order valence-corrected chi connectivity index (χ4v) is 2.52. The van der Waals surface area contributed by atoms with Crippen molar-refractivity contribution in [3.05, 3.63) is 65.2 Å². The standard InChI is InChI=1S/C16H14F2N2O/c1-9-13-6-11(17)3-4-14(13)21-16(9)15(19-2)10-5-12(18)8-20-7-10/h3-8,15,19H,1-2H3. The van der Waals surface area contributed by atoms with E-state index in [9.17, 15) is 8.78 Å². The first-order valence-electron chi connectivity index (χ1n) is 6.56. The van der Waals surface area contributed by atoms with Crippen LogP contribution < -0.4 is 5.32 Å². The van der Waals surface area contributed by atoms with Crippen molar-refractivity contribution in [2.45, 2.75) is 13.0 Å². The van der Waals surface area contributed by atoms with Gasteiger partial charge in [-0.2, -0.15) is 0 Å². The van der Waals surface area contributed by atoms with Crippen molar-refractivity contribution in [2.75, 3.05) is 7.05 Å². The van der Waals surface area contributed by atoms with Crippen molar-refractivity contribution in [3.63, 3.8) is 0 Å². The Labute approximate surface area is 120 Å². The average Bonchev–Trinajstić information content (AvgIpc) is 2.77. The number of halogens is 2. The van der Waals surface area contributed by atoms with Gasteiger partial charge in [0, 0.05) is 17.1 Å². The number of rotatable bonds is 3. The Morgan fingerprint density at radius 2 is 1.95 bits per heavy atom. The highest BCUT2D eigenvalue weighted by Crippen LogP contribution is 2.32. The van der Waals surface area contributed by atoms with Gasteiger partial charge in [0.05, 0.1) is 12.2 Å². The van der Waals surface area contributed by atoms with E-state index >= 15 is 0 Å². The molecule has 0 bridgehead atoms. The summed E-state index contributed by atoms with van der Waals surface area (Å²) in [5, 5.41) is 3.80. The van der Waals surface area contributed by atoms with Crippen LogP contribution in [0, 0.1) is 18.6 Å². The molecule has 0 amide bonds. The van der Waals surface area contributed by atoms with Crippen molar-refractivity contribution in [3.8, 4) is 0 Å². The zero-order valence-corrected chi connectivity index (χ0v) is 11.7. The first kappa shape index (κ1) is 13.7. The number of fused-ring (bicyclic) bond motifs is 1. The average molecular weight is 288 g/mol. The zero-order valence-electron chi connectivity index (χ0n) is 11.7. The number of benzene rings is 1. The van der Waals surface area contributed by atoms with Crippen molar-refractivity contribution in [2.24, 2.45) is 0 Å². The van der Waals surface area contributed by atoms with Crippen LogP contribution in [-0.2, 0) is 0 Å². The molecule has 21 heavy (non-hydrogen) atoms. The Bertz CT molecular complexity index is 798.